The first-order valence-corrected chi connectivity index (χ1v) is 7.38. The maximum atomic E-state index is 9.46. The van der Waals surface area contributed by atoms with Crippen molar-refractivity contribution >= 4 is 34.5 Å². The highest BCUT2D eigenvalue weighted by Gasteiger charge is 2.32. The lowest BCUT2D eigenvalue weighted by molar-refractivity contribution is -0.0246. The van der Waals surface area contributed by atoms with Gasteiger partial charge in [-0.05, 0) is 37.3 Å². The van der Waals surface area contributed by atoms with Gasteiger partial charge in [-0.25, -0.2) is 0 Å². The minimum absolute atomic E-state index is 0.133. The van der Waals surface area contributed by atoms with Gasteiger partial charge in [0.25, 0.3) is 0 Å². The molecule has 0 aliphatic carbocycles. The number of hydrogen-bond acceptors (Lipinski definition) is 6. The molecule has 0 aromatic heterocycles. The van der Waals surface area contributed by atoms with E-state index in [0.717, 1.165) is 12.8 Å². The van der Waals surface area contributed by atoms with Crippen LogP contribution in [0.15, 0.2) is 0 Å². The van der Waals surface area contributed by atoms with Crippen molar-refractivity contribution in [3.8, 4) is 0 Å². The van der Waals surface area contributed by atoms with Crippen molar-refractivity contribution in [1.29, 1.82) is 0 Å². The number of ether oxygens (including phenoxy) is 2. The third-order valence-corrected chi connectivity index (χ3v) is 3.30. The fourth-order valence-corrected chi connectivity index (χ4v) is 1.82. The van der Waals surface area contributed by atoms with Crippen molar-refractivity contribution in [3.63, 3.8) is 0 Å². The Morgan fingerprint density at radius 2 is 1.26 bits per heavy atom. The van der Waals surface area contributed by atoms with Crippen LogP contribution in [0, 0.1) is 5.41 Å². The zero-order valence-corrected chi connectivity index (χ0v) is 13.3. The first-order chi connectivity index (χ1) is 9.03. The van der Waals surface area contributed by atoms with Crippen LogP contribution in [0.4, 0.5) is 0 Å². The quantitative estimate of drug-likeness (QED) is 0.604. The number of rotatable bonds is 10. The summed E-state index contributed by atoms with van der Waals surface area (Å²) < 4.78 is 10.8. The van der Waals surface area contributed by atoms with Crippen molar-refractivity contribution in [2.45, 2.75) is 39.5 Å². The Kier molecular flexibility index (Phi) is 10.3. The third-order valence-electron chi connectivity index (χ3n) is 2.66. The molecule has 0 radical (unpaired) electrons. The SMILES string of the molecule is CCCC(=S)OCC(CO)(CO)COC(=S)CCC. The number of aliphatic hydroxyl groups excluding tert-OH is 2. The van der Waals surface area contributed by atoms with Crippen LogP contribution in [0.5, 0.6) is 0 Å². The van der Waals surface area contributed by atoms with Crippen LogP contribution < -0.4 is 0 Å². The minimum Gasteiger partial charge on any atom is -0.486 e. The lowest BCUT2D eigenvalue weighted by Gasteiger charge is -2.29. The Morgan fingerprint density at radius 3 is 1.53 bits per heavy atom. The lowest BCUT2D eigenvalue weighted by atomic mass is 9.92. The molecule has 0 unspecified atom stereocenters. The van der Waals surface area contributed by atoms with Gasteiger partial charge in [-0.3, -0.25) is 0 Å². The van der Waals surface area contributed by atoms with Crippen LogP contribution in [0.2, 0.25) is 0 Å². The molecule has 0 aliphatic heterocycles. The van der Waals surface area contributed by atoms with Gasteiger partial charge in [0.15, 0.2) is 10.1 Å². The largest absolute Gasteiger partial charge is 0.486 e. The molecule has 0 aromatic rings. The summed E-state index contributed by atoms with van der Waals surface area (Å²) >= 11 is 10.1. The molecule has 2 N–H and O–H groups in total. The summed E-state index contributed by atoms with van der Waals surface area (Å²) in [5.74, 6) is 0. The molecule has 0 atom stereocenters. The lowest BCUT2D eigenvalue weighted by Crippen LogP contribution is -2.40. The predicted octanol–water partition coefficient (Wildman–Crippen LogP) is 2.25. The average molecular weight is 308 g/mol. The van der Waals surface area contributed by atoms with Gasteiger partial charge in [0, 0.05) is 12.8 Å². The summed E-state index contributed by atoms with van der Waals surface area (Å²) in [4.78, 5) is 0. The van der Waals surface area contributed by atoms with E-state index in [1.807, 2.05) is 13.8 Å². The van der Waals surface area contributed by atoms with E-state index < -0.39 is 5.41 Å². The van der Waals surface area contributed by atoms with Gasteiger partial charge in [0.05, 0.1) is 18.6 Å². The molecule has 0 aliphatic rings. The highest BCUT2D eigenvalue weighted by atomic mass is 32.1. The molecule has 0 amide bonds. The van der Waals surface area contributed by atoms with Gasteiger partial charge in [-0.1, -0.05) is 13.8 Å². The van der Waals surface area contributed by atoms with Crippen LogP contribution >= 0.6 is 24.4 Å². The third kappa shape index (κ3) is 7.77. The molecule has 0 rings (SSSR count). The molecule has 0 bridgehead atoms. The predicted molar refractivity (Wildman–Crippen MR) is 83.5 cm³/mol. The van der Waals surface area contributed by atoms with Crippen molar-refractivity contribution in [2.75, 3.05) is 26.4 Å². The molecule has 6 heteroatoms. The number of aliphatic hydroxyl groups is 2. The van der Waals surface area contributed by atoms with Crippen molar-refractivity contribution < 1.29 is 19.7 Å². The van der Waals surface area contributed by atoms with E-state index in [0.29, 0.717) is 22.9 Å². The maximum absolute atomic E-state index is 9.46. The van der Waals surface area contributed by atoms with E-state index in [-0.39, 0.29) is 26.4 Å². The summed E-state index contributed by atoms with van der Waals surface area (Å²) in [6.07, 6.45) is 3.19. The molecule has 0 aromatic carbocycles. The summed E-state index contributed by atoms with van der Waals surface area (Å²) in [5, 5.41) is 19.9. The van der Waals surface area contributed by atoms with Crippen LogP contribution in [0.25, 0.3) is 0 Å². The van der Waals surface area contributed by atoms with Gasteiger partial charge in [0.1, 0.15) is 13.2 Å². The summed E-state index contributed by atoms with van der Waals surface area (Å²) in [7, 11) is 0. The van der Waals surface area contributed by atoms with E-state index in [9.17, 15) is 10.2 Å². The van der Waals surface area contributed by atoms with Gasteiger partial charge < -0.3 is 19.7 Å². The molecular weight excluding hydrogens is 284 g/mol. The van der Waals surface area contributed by atoms with Crippen molar-refractivity contribution in [2.24, 2.45) is 5.41 Å². The summed E-state index contributed by atoms with van der Waals surface area (Å²) in [6, 6.07) is 0. The van der Waals surface area contributed by atoms with E-state index in [1.54, 1.807) is 0 Å². The minimum atomic E-state index is -0.865. The molecule has 0 spiro atoms. The van der Waals surface area contributed by atoms with E-state index >= 15 is 0 Å². The highest BCUT2D eigenvalue weighted by Crippen LogP contribution is 2.18. The second-order valence-corrected chi connectivity index (χ2v) is 5.55. The second kappa shape index (κ2) is 10.5. The summed E-state index contributed by atoms with van der Waals surface area (Å²) in [5.41, 5.74) is -0.865. The van der Waals surface area contributed by atoms with Gasteiger partial charge in [-0.15, -0.1) is 0 Å². The molecule has 0 saturated carbocycles. The summed E-state index contributed by atoms with van der Waals surface area (Å²) in [6.45, 7) is 3.79. The Hall–Kier alpha value is -0.300. The van der Waals surface area contributed by atoms with E-state index in [2.05, 4.69) is 0 Å². The number of thiocarbonyl (C=S) groups is 2. The topological polar surface area (TPSA) is 58.9 Å². The normalized spacial score (nSPS) is 11.2. The highest BCUT2D eigenvalue weighted by molar-refractivity contribution is 7.80. The number of hydrogen-bond donors (Lipinski definition) is 2. The Balaban J connectivity index is 4.32. The Bertz CT molecular complexity index is 254. The van der Waals surface area contributed by atoms with Gasteiger partial charge in [0.2, 0.25) is 0 Å². The van der Waals surface area contributed by atoms with Crippen LogP contribution in [0.1, 0.15) is 39.5 Å². The Morgan fingerprint density at radius 1 is 0.895 bits per heavy atom. The first-order valence-electron chi connectivity index (χ1n) is 6.56. The smallest absolute Gasteiger partial charge is 0.159 e. The molecule has 19 heavy (non-hydrogen) atoms. The first kappa shape index (κ1) is 18.7. The second-order valence-electron chi connectivity index (χ2n) is 4.64. The van der Waals surface area contributed by atoms with Crippen molar-refractivity contribution in [3.05, 3.63) is 0 Å². The van der Waals surface area contributed by atoms with E-state index in [4.69, 9.17) is 33.9 Å². The van der Waals surface area contributed by atoms with E-state index in [1.165, 1.54) is 0 Å². The van der Waals surface area contributed by atoms with Gasteiger partial charge in [-0.2, -0.15) is 0 Å². The zero-order valence-electron chi connectivity index (χ0n) is 11.7. The van der Waals surface area contributed by atoms with Crippen LogP contribution in [-0.4, -0.2) is 46.7 Å². The standard InChI is InChI=1S/C13H24O4S2/c1-3-5-11(18)16-9-13(7-14,8-15)10-17-12(19)6-4-2/h14-15H,3-10H2,1-2H3. The van der Waals surface area contributed by atoms with Gasteiger partial charge >= 0.3 is 0 Å². The zero-order chi connectivity index (χ0) is 14.7. The fraction of sp³-hybridized carbons (Fsp3) is 0.846. The molecule has 0 heterocycles. The molecule has 0 fully saturated rings. The van der Waals surface area contributed by atoms with Crippen LogP contribution in [0.3, 0.4) is 0 Å². The van der Waals surface area contributed by atoms with Crippen LogP contribution in [-0.2, 0) is 9.47 Å². The maximum Gasteiger partial charge on any atom is 0.159 e. The molecule has 0 saturated heterocycles. The molecule has 4 nitrogen and oxygen atoms in total. The average Bonchev–Trinajstić information content (AvgIpc) is 2.40. The Labute approximate surface area is 126 Å². The monoisotopic (exact) mass is 308 g/mol. The molecule has 112 valence electrons. The molecular formula is C13H24O4S2. The fourth-order valence-electron chi connectivity index (χ4n) is 1.29. The van der Waals surface area contributed by atoms with Crippen molar-refractivity contribution in [1.82, 2.24) is 0 Å².